The highest BCUT2D eigenvalue weighted by molar-refractivity contribution is 7.17. The van der Waals surface area contributed by atoms with Gasteiger partial charge >= 0.3 is 0 Å². The highest BCUT2D eigenvalue weighted by Gasteiger charge is 2.12. The van der Waals surface area contributed by atoms with Gasteiger partial charge in [0, 0.05) is 11.4 Å². The molecule has 0 unspecified atom stereocenters. The molecule has 1 aromatic carbocycles. The van der Waals surface area contributed by atoms with Gasteiger partial charge in [-0.1, -0.05) is 41.9 Å². The number of fused-ring (bicyclic) bond motifs is 1. The van der Waals surface area contributed by atoms with Crippen LogP contribution in [0, 0.1) is 0 Å². The van der Waals surface area contributed by atoms with Crippen LogP contribution in [-0.2, 0) is 0 Å². The van der Waals surface area contributed by atoms with Crippen molar-refractivity contribution in [2.45, 2.75) is 13.0 Å². The Balaban J connectivity index is 1.95. The zero-order chi connectivity index (χ0) is 13.2. The first kappa shape index (κ1) is 12.4. The van der Waals surface area contributed by atoms with E-state index in [1.165, 1.54) is 16.9 Å². The molecule has 0 amide bonds. The molecule has 1 N–H and O–H groups in total. The third-order valence-electron chi connectivity index (χ3n) is 2.98. The molecular formula is C14H12ClN3S. The summed E-state index contributed by atoms with van der Waals surface area (Å²) in [6, 6.07) is 10.4. The van der Waals surface area contributed by atoms with Crippen molar-refractivity contribution in [3.63, 3.8) is 0 Å². The largest absolute Gasteiger partial charge is 0.363 e. The number of hydrogen-bond donors (Lipinski definition) is 1. The van der Waals surface area contributed by atoms with Crippen LogP contribution in [0.3, 0.4) is 0 Å². The molecule has 96 valence electrons. The quantitative estimate of drug-likeness (QED) is 0.770. The summed E-state index contributed by atoms with van der Waals surface area (Å²) < 4.78 is 0. The van der Waals surface area contributed by atoms with Crippen LogP contribution in [0.2, 0.25) is 5.02 Å². The standard InChI is InChI=1S/C14H12ClN3S/c1-9(10-5-3-2-4-6-10)18-13-12-11(15)7-19-14(12)17-8-16-13/h2-9H,1H3,(H,16,17,18)/t9-/m0/s1. The van der Waals surface area contributed by atoms with Gasteiger partial charge in [0.05, 0.1) is 10.4 Å². The Hall–Kier alpha value is -1.65. The fourth-order valence-electron chi connectivity index (χ4n) is 1.98. The van der Waals surface area contributed by atoms with E-state index in [0.717, 1.165) is 16.0 Å². The number of anilines is 1. The molecule has 0 radical (unpaired) electrons. The van der Waals surface area contributed by atoms with Gasteiger partial charge in [-0.25, -0.2) is 9.97 Å². The molecule has 3 nitrogen and oxygen atoms in total. The number of benzene rings is 1. The maximum Gasteiger partial charge on any atom is 0.140 e. The van der Waals surface area contributed by atoms with Crippen molar-refractivity contribution in [3.05, 3.63) is 52.6 Å². The summed E-state index contributed by atoms with van der Waals surface area (Å²) in [5.41, 5.74) is 1.21. The topological polar surface area (TPSA) is 37.8 Å². The Morgan fingerprint density at radius 1 is 1.21 bits per heavy atom. The third-order valence-corrected chi connectivity index (χ3v) is 4.29. The van der Waals surface area contributed by atoms with E-state index in [1.807, 2.05) is 23.6 Å². The summed E-state index contributed by atoms with van der Waals surface area (Å²) >= 11 is 7.73. The van der Waals surface area contributed by atoms with Gasteiger partial charge in [0.1, 0.15) is 17.0 Å². The second kappa shape index (κ2) is 5.15. The zero-order valence-electron chi connectivity index (χ0n) is 10.3. The van der Waals surface area contributed by atoms with E-state index in [0.29, 0.717) is 5.02 Å². The maximum absolute atomic E-state index is 6.20. The second-order valence-corrected chi connectivity index (χ2v) is 5.53. The van der Waals surface area contributed by atoms with Gasteiger partial charge in [-0.3, -0.25) is 0 Å². The van der Waals surface area contributed by atoms with Crippen LogP contribution in [0.1, 0.15) is 18.5 Å². The van der Waals surface area contributed by atoms with E-state index in [1.54, 1.807) is 6.33 Å². The summed E-state index contributed by atoms with van der Waals surface area (Å²) in [6.07, 6.45) is 1.56. The lowest BCUT2D eigenvalue weighted by Crippen LogP contribution is -2.08. The van der Waals surface area contributed by atoms with E-state index >= 15 is 0 Å². The number of halogens is 1. The highest BCUT2D eigenvalue weighted by atomic mass is 35.5. The monoisotopic (exact) mass is 289 g/mol. The zero-order valence-corrected chi connectivity index (χ0v) is 11.9. The molecule has 5 heteroatoms. The molecule has 1 atom stereocenters. The van der Waals surface area contributed by atoms with Gasteiger partial charge in [0.15, 0.2) is 0 Å². The SMILES string of the molecule is C[C@H](Nc1ncnc2scc(Cl)c12)c1ccccc1. The molecule has 3 aromatic rings. The number of hydrogen-bond acceptors (Lipinski definition) is 4. The fourth-order valence-corrected chi connectivity index (χ4v) is 3.11. The molecule has 0 saturated carbocycles. The molecule has 0 fully saturated rings. The molecule has 0 aliphatic rings. The Kier molecular flexibility index (Phi) is 3.36. The number of nitrogens with one attached hydrogen (secondary N) is 1. The van der Waals surface area contributed by atoms with Gasteiger partial charge in [-0.2, -0.15) is 0 Å². The molecule has 0 aliphatic heterocycles. The van der Waals surface area contributed by atoms with Crippen molar-refractivity contribution in [1.82, 2.24) is 9.97 Å². The predicted molar refractivity (Wildman–Crippen MR) is 80.9 cm³/mol. The minimum Gasteiger partial charge on any atom is -0.363 e. The highest BCUT2D eigenvalue weighted by Crippen LogP contribution is 2.33. The van der Waals surface area contributed by atoms with Crippen LogP contribution in [0.5, 0.6) is 0 Å². The lowest BCUT2D eigenvalue weighted by atomic mass is 10.1. The first-order valence-electron chi connectivity index (χ1n) is 5.95. The summed E-state index contributed by atoms with van der Waals surface area (Å²) in [5, 5.41) is 6.88. The molecule has 0 saturated heterocycles. The lowest BCUT2D eigenvalue weighted by Gasteiger charge is -2.15. The number of thiophene rings is 1. The minimum absolute atomic E-state index is 0.162. The molecule has 0 bridgehead atoms. The molecule has 2 heterocycles. The molecular weight excluding hydrogens is 278 g/mol. The minimum atomic E-state index is 0.162. The Morgan fingerprint density at radius 2 is 2.00 bits per heavy atom. The van der Waals surface area contributed by atoms with E-state index in [4.69, 9.17) is 11.6 Å². The van der Waals surface area contributed by atoms with Crippen LogP contribution in [0.25, 0.3) is 10.2 Å². The Labute approximate surface area is 120 Å². The van der Waals surface area contributed by atoms with Gasteiger partial charge in [0.25, 0.3) is 0 Å². The van der Waals surface area contributed by atoms with Crippen molar-refractivity contribution < 1.29 is 0 Å². The van der Waals surface area contributed by atoms with E-state index in [9.17, 15) is 0 Å². The molecule has 0 spiro atoms. The van der Waals surface area contributed by atoms with Gasteiger partial charge in [0.2, 0.25) is 0 Å². The normalized spacial score (nSPS) is 12.5. The van der Waals surface area contributed by atoms with Crippen molar-refractivity contribution in [3.8, 4) is 0 Å². The predicted octanol–water partition coefficient (Wildman–Crippen LogP) is 4.52. The maximum atomic E-state index is 6.20. The van der Waals surface area contributed by atoms with Crippen molar-refractivity contribution >= 4 is 39.0 Å². The average Bonchev–Trinajstić information content (AvgIpc) is 2.83. The van der Waals surface area contributed by atoms with Crippen LogP contribution >= 0.6 is 22.9 Å². The first-order chi connectivity index (χ1) is 9.25. The Bertz CT molecular complexity index is 696. The van der Waals surface area contributed by atoms with Gasteiger partial charge in [-0.05, 0) is 12.5 Å². The summed E-state index contributed by atoms with van der Waals surface area (Å²) in [4.78, 5) is 9.44. The molecule has 3 rings (SSSR count). The van der Waals surface area contributed by atoms with Gasteiger partial charge < -0.3 is 5.32 Å². The summed E-state index contributed by atoms with van der Waals surface area (Å²) in [6.45, 7) is 2.10. The lowest BCUT2D eigenvalue weighted by molar-refractivity contribution is 0.876. The first-order valence-corrected chi connectivity index (χ1v) is 7.20. The molecule has 2 aromatic heterocycles. The number of rotatable bonds is 3. The van der Waals surface area contributed by atoms with Crippen LogP contribution in [0.4, 0.5) is 5.82 Å². The van der Waals surface area contributed by atoms with Crippen molar-refractivity contribution in [1.29, 1.82) is 0 Å². The fraction of sp³-hybridized carbons (Fsp3) is 0.143. The van der Waals surface area contributed by atoms with Crippen molar-refractivity contribution in [2.24, 2.45) is 0 Å². The average molecular weight is 290 g/mol. The third kappa shape index (κ3) is 2.41. The molecule has 19 heavy (non-hydrogen) atoms. The second-order valence-electron chi connectivity index (χ2n) is 4.26. The Morgan fingerprint density at radius 3 is 2.79 bits per heavy atom. The van der Waals surface area contributed by atoms with Gasteiger partial charge in [-0.15, -0.1) is 11.3 Å². The number of nitrogens with zero attached hydrogens (tertiary/aromatic N) is 2. The van der Waals surface area contributed by atoms with Crippen LogP contribution in [-0.4, -0.2) is 9.97 Å². The smallest absolute Gasteiger partial charge is 0.140 e. The van der Waals surface area contributed by atoms with E-state index in [-0.39, 0.29) is 6.04 Å². The summed E-state index contributed by atoms with van der Waals surface area (Å²) in [5.74, 6) is 0.785. The summed E-state index contributed by atoms with van der Waals surface area (Å²) in [7, 11) is 0. The molecule has 0 aliphatic carbocycles. The van der Waals surface area contributed by atoms with Crippen LogP contribution in [0.15, 0.2) is 42.0 Å². The van der Waals surface area contributed by atoms with Crippen LogP contribution < -0.4 is 5.32 Å². The van der Waals surface area contributed by atoms with E-state index in [2.05, 4.69) is 34.3 Å². The van der Waals surface area contributed by atoms with Crippen molar-refractivity contribution in [2.75, 3.05) is 5.32 Å². The van der Waals surface area contributed by atoms with E-state index < -0.39 is 0 Å². The number of aromatic nitrogens is 2.